The molecule has 0 bridgehead atoms. The fraction of sp³-hybridized carbons (Fsp3) is 0.529. The zero-order valence-corrected chi connectivity index (χ0v) is 16.7. The van der Waals surface area contributed by atoms with Gasteiger partial charge in [-0.2, -0.15) is 0 Å². The number of piperidine rings is 1. The molecular formula is C17H26BrClN4O2. The molecule has 0 saturated carbocycles. The van der Waals surface area contributed by atoms with Crippen LogP contribution >= 0.6 is 28.3 Å². The van der Waals surface area contributed by atoms with Crippen LogP contribution in [0.5, 0.6) is 0 Å². The van der Waals surface area contributed by atoms with E-state index in [1.54, 1.807) is 12.1 Å². The molecule has 2 rings (SSSR count). The van der Waals surface area contributed by atoms with Gasteiger partial charge in [0.1, 0.15) is 0 Å². The van der Waals surface area contributed by atoms with Crippen LogP contribution in [0.25, 0.3) is 0 Å². The van der Waals surface area contributed by atoms with Crippen LogP contribution in [-0.4, -0.2) is 42.5 Å². The van der Waals surface area contributed by atoms with E-state index in [0.29, 0.717) is 31.1 Å². The zero-order chi connectivity index (χ0) is 17.5. The quantitative estimate of drug-likeness (QED) is 0.667. The second-order valence-corrected chi connectivity index (χ2v) is 7.16. The van der Waals surface area contributed by atoms with Gasteiger partial charge in [-0.3, -0.25) is 4.79 Å². The van der Waals surface area contributed by atoms with Crippen molar-refractivity contribution in [2.24, 2.45) is 11.7 Å². The average molecular weight is 434 g/mol. The van der Waals surface area contributed by atoms with Crippen molar-refractivity contribution in [2.45, 2.75) is 32.2 Å². The normalized spacial score (nSPS) is 19.7. The predicted molar refractivity (Wildman–Crippen MR) is 106 cm³/mol. The number of hydrogen-bond acceptors (Lipinski definition) is 3. The molecule has 1 aromatic rings. The van der Waals surface area contributed by atoms with Gasteiger partial charge in [0, 0.05) is 42.3 Å². The van der Waals surface area contributed by atoms with Gasteiger partial charge in [-0.25, -0.2) is 4.79 Å². The average Bonchev–Trinajstić information content (AvgIpc) is 2.56. The van der Waals surface area contributed by atoms with E-state index in [9.17, 15) is 9.59 Å². The summed E-state index contributed by atoms with van der Waals surface area (Å²) >= 11 is 3.34. The Kier molecular flexibility index (Phi) is 9.24. The summed E-state index contributed by atoms with van der Waals surface area (Å²) < 4.78 is 0.948. The minimum atomic E-state index is -0.312. The Morgan fingerprint density at radius 3 is 2.64 bits per heavy atom. The van der Waals surface area contributed by atoms with E-state index in [4.69, 9.17) is 5.73 Å². The number of carbonyl (C=O) groups excluding carboxylic acids is 2. The van der Waals surface area contributed by atoms with Gasteiger partial charge in [-0.15, -0.1) is 12.4 Å². The van der Waals surface area contributed by atoms with Crippen LogP contribution in [-0.2, 0) is 4.79 Å². The summed E-state index contributed by atoms with van der Waals surface area (Å²) in [6.45, 7) is 3.75. The summed E-state index contributed by atoms with van der Waals surface area (Å²) in [6.07, 6.45) is 2.26. The highest BCUT2D eigenvalue weighted by atomic mass is 79.9. The third-order valence-corrected chi connectivity index (χ3v) is 4.83. The number of likely N-dealkylation sites (tertiary alicyclic amines) is 1. The van der Waals surface area contributed by atoms with E-state index >= 15 is 0 Å². The summed E-state index contributed by atoms with van der Waals surface area (Å²) in [4.78, 5) is 26.1. The molecule has 1 fully saturated rings. The van der Waals surface area contributed by atoms with Crippen LogP contribution in [0.1, 0.15) is 26.2 Å². The molecule has 1 aromatic carbocycles. The van der Waals surface area contributed by atoms with Crippen LogP contribution < -0.4 is 16.4 Å². The first-order valence-corrected chi connectivity index (χ1v) is 9.09. The first-order valence-electron chi connectivity index (χ1n) is 8.29. The van der Waals surface area contributed by atoms with Gasteiger partial charge in [-0.1, -0.05) is 22.9 Å². The van der Waals surface area contributed by atoms with Crippen molar-refractivity contribution in [3.63, 3.8) is 0 Å². The van der Waals surface area contributed by atoms with Gasteiger partial charge in [0.2, 0.25) is 5.91 Å². The fourth-order valence-electron chi connectivity index (χ4n) is 2.94. The lowest BCUT2D eigenvalue weighted by Gasteiger charge is -2.38. The monoisotopic (exact) mass is 432 g/mol. The van der Waals surface area contributed by atoms with Gasteiger partial charge in [-0.05, 0) is 43.0 Å². The largest absolute Gasteiger partial charge is 0.338 e. The molecule has 1 aliphatic heterocycles. The van der Waals surface area contributed by atoms with Crippen molar-refractivity contribution >= 4 is 46.0 Å². The number of benzene rings is 1. The van der Waals surface area contributed by atoms with E-state index in [2.05, 4.69) is 33.5 Å². The smallest absolute Gasteiger partial charge is 0.319 e. The van der Waals surface area contributed by atoms with Gasteiger partial charge >= 0.3 is 6.03 Å². The summed E-state index contributed by atoms with van der Waals surface area (Å²) in [7, 11) is 0. The molecule has 2 unspecified atom stereocenters. The molecule has 0 radical (unpaired) electrons. The molecule has 1 saturated heterocycles. The number of halogens is 2. The minimum absolute atomic E-state index is 0. The highest BCUT2D eigenvalue weighted by Crippen LogP contribution is 2.22. The standard InChI is InChI=1S/C17H25BrN4O2.ClH/c1-12-7-9-22(15(10-12)11-19)16(23)6-8-20-17(24)21-14-4-2-13(18)3-5-14;/h2-5,12,15H,6-11,19H2,1H3,(H2,20,21,24);1H. The Balaban J connectivity index is 0.00000312. The maximum Gasteiger partial charge on any atom is 0.319 e. The molecule has 0 spiro atoms. The SMILES string of the molecule is CC1CCN(C(=O)CCNC(=O)Nc2ccc(Br)cc2)C(CN)C1.Cl. The van der Waals surface area contributed by atoms with Crippen molar-refractivity contribution in [3.8, 4) is 0 Å². The van der Waals surface area contributed by atoms with E-state index in [1.165, 1.54) is 0 Å². The molecule has 140 valence electrons. The maximum atomic E-state index is 12.3. The molecule has 25 heavy (non-hydrogen) atoms. The van der Waals surface area contributed by atoms with Crippen molar-refractivity contribution in [1.29, 1.82) is 0 Å². The highest BCUT2D eigenvalue weighted by molar-refractivity contribution is 9.10. The molecule has 4 N–H and O–H groups in total. The highest BCUT2D eigenvalue weighted by Gasteiger charge is 2.28. The van der Waals surface area contributed by atoms with Crippen LogP contribution in [0.2, 0.25) is 0 Å². The molecule has 2 atom stereocenters. The third-order valence-electron chi connectivity index (χ3n) is 4.30. The van der Waals surface area contributed by atoms with Crippen LogP contribution in [0.4, 0.5) is 10.5 Å². The second-order valence-electron chi connectivity index (χ2n) is 6.24. The second kappa shape index (κ2) is 10.6. The maximum absolute atomic E-state index is 12.3. The van der Waals surface area contributed by atoms with E-state index in [0.717, 1.165) is 23.9 Å². The van der Waals surface area contributed by atoms with Gasteiger partial charge in [0.15, 0.2) is 0 Å². The first kappa shape index (κ1) is 21.7. The molecule has 6 nitrogen and oxygen atoms in total. The van der Waals surface area contributed by atoms with Gasteiger partial charge < -0.3 is 21.3 Å². The number of rotatable bonds is 5. The summed E-state index contributed by atoms with van der Waals surface area (Å²) in [5.41, 5.74) is 6.49. The fourth-order valence-corrected chi connectivity index (χ4v) is 3.20. The van der Waals surface area contributed by atoms with Gasteiger partial charge in [0.25, 0.3) is 0 Å². The van der Waals surface area contributed by atoms with Crippen LogP contribution in [0.15, 0.2) is 28.7 Å². The van der Waals surface area contributed by atoms with Crippen LogP contribution in [0.3, 0.4) is 0 Å². The lowest BCUT2D eigenvalue weighted by molar-refractivity contribution is -0.135. The number of nitrogens with two attached hydrogens (primary N) is 1. The first-order chi connectivity index (χ1) is 11.5. The number of nitrogens with zero attached hydrogens (tertiary/aromatic N) is 1. The lowest BCUT2D eigenvalue weighted by Crippen LogP contribution is -2.49. The molecule has 1 heterocycles. The Labute approximate surface area is 163 Å². The lowest BCUT2D eigenvalue weighted by atomic mass is 9.92. The van der Waals surface area contributed by atoms with E-state index < -0.39 is 0 Å². The number of anilines is 1. The summed E-state index contributed by atoms with van der Waals surface area (Å²) in [5, 5.41) is 5.45. The molecule has 0 aromatic heterocycles. The minimum Gasteiger partial charge on any atom is -0.338 e. The molecule has 8 heteroatoms. The van der Waals surface area contributed by atoms with Crippen molar-refractivity contribution in [1.82, 2.24) is 10.2 Å². The number of hydrogen-bond donors (Lipinski definition) is 3. The number of urea groups is 1. The van der Waals surface area contributed by atoms with E-state index in [1.807, 2.05) is 17.0 Å². The summed E-state index contributed by atoms with van der Waals surface area (Å²) in [6, 6.07) is 7.11. The zero-order valence-electron chi connectivity index (χ0n) is 14.3. The Morgan fingerprint density at radius 2 is 2.00 bits per heavy atom. The third kappa shape index (κ3) is 6.84. The molecule has 1 aliphatic rings. The summed E-state index contributed by atoms with van der Waals surface area (Å²) in [5.74, 6) is 0.665. The van der Waals surface area contributed by atoms with Crippen molar-refractivity contribution in [3.05, 3.63) is 28.7 Å². The van der Waals surface area contributed by atoms with E-state index in [-0.39, 0.29) is 30.4 Å². The Hall–Kier alpha value is -1.31. The molecule has 3 amide bonds. The topological polar surface area (TPSA) is 87.5 Å². The number of amides is 3. The van der Waals surface area contributed by atoms with Crippen molar-refractivity contribution < 1.29 is 9.59 Å². The van der Waals surface area contributed by atoms with Crippen LogP contribution in [0, 0.1) is 5.92 Å². The molecular weight excluding hydrogens is 408 g/mol. The Morgan fingerprint density at radius 1 is 1.32 bits per heavy atom. The Bertz CT molecular complexity index is 570. The number of nitrogens with one attached hydrogen (secondary N) is 2. The predicted octanol–water partition coefficient (Wildman–Crippen LogP) is 2.97. The van der Waals surface area contributed by atoms with Gasteiger partial charge in [0.05, 0.1) is 0 Å². The number of carbonyl (C=O) groups is 2. The van der Waals surface area contributed by atoms with Crippen molar-refractivity contribution in [2.75, 3.05) is 25.0 Å². The molecule has 0 aliphatic carbocycles.